The number of hydrogen-bond donors (Lipinski definition) is 4. The Hall–Kier alpha value is -1.75. The fourth-order valence-electron chi connectivity index (χ4n) is 1.04. The fourth-order valence-corrected chi connectivity index (χ4v) is 1.04. The summed E-state index contributed by atoms with van der Waals surface area (Å²) in [6.45, 7) is 0. The molecule has 14 heavy (non-hydrogen) atoms. The van der Waals surface area contributed by atoms with E-state index in [2.05, 4.69) is 0 Å². The Balaban J connectivity index is 2.78. The number of carboxylic acid groups (broad SMARTS) is 1. The van der Waals surface area contributed by atoms with E-state index < -0.39 is 12.0 Å². The van der Waals surface area contributed by atoms with Gasteiger partial charge in [0.1, 0.15) is 6.04 Å². The first-order valence-electron chi connectivity index (χ1n) is 4.00. The van der Waals surface area contributed by atoms with Crippen LogP contribution in [0, 0.1) is 0 Å². The van der Waals surface area contributed by atoms with Crippen molar-refractivity contribution in [2.45, 2.75) is 12.5 Å². The normalized spacial score (nSPS) is 12.4. The molecule has 0 saturated carbocycles. The van der Waals surface area contributed by atoms with Crippen LogP contribution >= 0.6 is 0 Å². The number of carbonyl (C=O) groups is 1. The second-order valence-corrected chi connectivity index (χ2v) is 2.97. The molecular formula is C9H11NO4. The van der Waals surface area contributed by atoms with E-state index in [1.165, 1.54) is 18.2 Å². The van der Waals surface area contributed by atoms with Gasteiger partial charge in [-0.2, -0.15) is 0 Å². The highest BCUT2D eigenvalue weighted by Gasteiger charge is 2.12. The number of benzene rings is 1. The van der Waals surface area contributed by atoms with Gasteiger partial charge >= 0.3 is 5.97 Å². The maximum absolute atomic E-state index is 10.4. The lowest BCUT2D eigenvalue weighted by Crippen LogP contribution is -2.32. The van der Waals surface area contributed by atoms with Crippen LogP contribution in [0.2, 0.25) is 0 Å². The first-order valence-corrected chi connectivity index (χ1v) is 4.00. The average Bonchev–Trinajstić information content (AvgIpc) is 2.11. The van der Waals surface area contributed by atoms with Gasteiger partial charge in [0.15, 0.2) is 11.5 Å². The lowest BCUT2D eigenvalue weighted by Gasteiger charge is -2.06. The van der Waals surface area contributed by atoms with E-state index in [1.54, 1.807) is 0 Å². The zero-order chi connectivity index (χ0) is 10.7. The van der Waals surface area contributed by atoms with Crippen LogP contribution in [-0.2, 0) is 11.2 Å². The molecule has 0 fully saturated rings. The van der Waals surface area contributed by atoms with Crippen molar-refractivity contribution in [1.29, 1.82) is 0 Å². The molecule has 5 heteroatoms. The third-order valence-electron chi connectivity index (χ3n) is 1.81. The second-order valence-electron chi connectivity index (χ2n) is 2.97. The van der Waals surface area contributed by atoms with Gasteiger partial charge in [0, 0.05) is 0 Å². The van der Waals surface area contributed by atoms with Crippen molar-refractivity contribution in [3.63, 3.8) is 0 Å². The molecule has 76 valence electrons. The van der Waals surface area contributed by atoms with E-state index in [1.807, 2.05) is 0 Å². The maximum atomic E-state index is 10.4. The van der Waals surface area contributed by atoms with Gasteiger partial charge in [-0.3, -0.25) is 4.79 Å². The van der Waals surface area contributed by atoms with Gasteiger partial charge in [0.2, 0.25) is 0 Å². The van der Waals surface area contributed by atoms with Crippen LogP contribution in [0.5, 0.6) is 11.5 Å². The monoisotopic (exact) mass is 201 g/mol. The molecule has 1 atom stereocenters. The Morgan fingerprint density at radius 1 is 1.43 bits per heavy atom. The van der Waals surface area contributed by atoms with Crippen molar-refractivity contribution in [2.75, 3.05) is 0 Å². The van der Waals surface area contributed by atoms with Crippen molar-refractivity contribution in [3.05, 3.63) is 23.8 Å². The Bertz CT molecular complexity index is 351. The SMILES string of the molecule is N[13C@@H](Cc1ccc(O)c(O)c1)[13C](=O)[18OH]. The molecule has 0 unspecified atom stereocenters. The summed E-state index contributed by atoms with van der Waals surface area (Å²) in [5, 5.41) is 26.6. The number of aliphatic carboxylic acids is 1. The Kier molecular flexibility index (Phi) is 2.93. The van der Waals surface area contributed by atoms with Crippen LogP contribution in [0.15, 0.2) is 18.2 Å². The highest BCUT2D eigenvalue weighted by atomic mass is 18.2. The first kappa shape index (κ1) is 10.3. The first-order chi connectivity index (χ1) is 6.50. The minimum atomic E-state index is -1.10. The third-order valence-corrected chi connectivity index (χ3v) is 1.81. The Labute approximate surface area is 80.4 Å². The highest BCUT2D eigenvalue weighted by Crippen LogP contribution is 2.25. The zero-order valence-corrected chi connectivity index (χ0v) is 7.34. The van der Waals surface area contributed by atoms with Gasteiger partial charge < -0.3 is 21.1 Å². The molecule has 0 spiro atoms. The van der Waals surface area contributed by atoms with Crippen LogP contribution in [0.1, 0.15) is 5.56 Å². The molecule has 1 aromatic carbocycles. The number of carboxylic acids is 1. The molecule has 0 amide bonds. The number of aromatic hydroxyl groups is 2. The van der Waals surface area contributed by atoms with Crippen molar-refractivity contribution < 1.29 is 20.1 Å². The molecule has 0 aliphatic rings. The lowest BCUT2D eigenvalue weighted by molar-refractivity contribution is -0.138. The van der Waals surface area contributed by atoms with Crippen LogP contribution in [0.3, 0.4) is 0 Å². The Morgan fingerprint density at radius 2 is 2.07 bits per heavy atom. The maximum Gasteiger partial charge on any atom is 0.320 e. The summed E-state index contributed by atoms with van der Waals surface area (Å²) in [6, 6.07) is 3.09. The molecule has 0 aliphatic carbocycles. The summed E-state index contributed by atoms with van der Waals surface area (Å²) in [7, 11) is 0. The molecule has 0 radical (unpaired) electrons. The highest BCUT2D eigenvalue weighted by molar-refractivity contribution is 5.73. The summed E-state index contributed by atoms with van der Waals surface area (Å²) in [4.78, 5) is 10.4. The summed E-state index contributed by atoms with van der Waals surface area (Å²) >= 11 is 0. The second kappa shape index (κ2) is 3.97. The predicted molar refractivity (Wildman–Crippen MR) is 49.1 cm³/mol. The van der Waals surface area contributed by atoms with Gasteiger partial charge in [-0.25, -0.2) is 0 Å². The lowest BCUT2D eigenvalue weighted by atomic mass is 10.2. The molecule has 1 aromatic rings. The smallest absolute Gasteiger partial charge is 0.320 e. The van der Waals surface area contributed by atoms with E-state index in [-0.39, 0.29) is 17.9 Å². The largest absolute Gasteiger partial charge is 0.504 e. The van der Waals surface area contributed by atoms with Gasteiger partial charge in [0.25, 0.3) is 0 Å². The van der Waals surface area contributed by atoms with Gasteiger partial charge in [-0.05, 0) is 24.1 Å². The van der Waals surface area contributed by atoms with E-state index >= 15 is 0 Å². The number of hydrogen-bond acceptors (Lipinski definition) is 4. The van der Waals surface area contributed by atoms with E-state index in [9.17, 15) is 4.79 Å². The average molecular weight is 201 g/mol. The molecule has 0 aliphatic heterocycles. The van der Waals surface area contributed by atoms with E-state index in [0.717, 1.165) is 0 Å². The number of phenols is 2. The predicted octanol–water partition coefficient (Wildman–Crippen LogP) is 0.0522. The molecule has 0 aromatic heterocycles. The molecule has 0 saturated heterocycles. The summed E-state index contributed by atoms with van der Waals surface area (Å²) in [5.41, 5.74) is 5.86. The molecule has 5 N–H and O–H groups in total. The fraction of sp³-hybridized carbons (Fsp3) is 0.222. The van der Waals surface area contributed by atoms with Gasteiger partial charge in [0.05, 0.1) is 0 Å². The molecule has 0 bridgehead atoms. The van der Waals surface area contributed by atoms with E-state index in [0.29, 0.717) is 5.56 Å². The summed E-state index contributed by atoms with van der Waals surface area (Å²) in [6.07, 6.45) is 0.114. The third kappa shape index (κ3) is 2.37. The number of nitrogens with two attached hydrogens (primary N) is 1. The van der Waals surface area contributed by atoms with Crippen molar-refractivity contribution in [2.24, 2.45) is 5.73 Å². The van der Waals surface area contributed by atoms with E-state index in [4.69, 9.17) is 21.1 Å². The number of rotatable bonds is 3. The van der Waals surface area contributed by atoms with Crippen LogP contribution in [-0.4, -0.2) is 27.3 Å². The Morgan fingerprint density at radius 3 is 2.57 bits per heavy atom. The zero-order valence-electron chi connectivity index (χ0n) is 7.34. The standard InChI is InChI=1S/C9H11NO4/c10-6(9(13)14)3-5-1-2-7(11)8(12)4-5/h1-2,4,6,11-12H,3,10H2,(H,13,14)/t6-/m0/s1/i6+1,9+1,13+2. The van der Waals surface area contributed by atoms with Crippen molar-refractivity contribution in [3.8, 4) is 11.5 Å². The van der Waals surface area contributed by atoms with Gasteiger partial charge in [-0.15, -0.1) is 0 Å². The minimum absolute atomic E-state index is 0.114. The van der Waals surface area contributed by atoms with Gasteiger partial charge in [-0.1, -0.05) is 6.07 Å². The molecular weight excluding hydrogens is 190 g/mol. The molecule has 1 rings (SSSR count). The topological polar surface area (TPSA) is 104 Å². The van der Waals surface area contributed by atoms with Crippen molar-refractivity contribution in [1.82, 2.24) is 0 Å². The molecule has 0 heterocycles. The molecule has 5 nitrogen and oxygen atoms in total. The van der Waals surface area contributed by atoms with Crippen LogP contribution in [0.4, 0.5) is 0 Å². The summed E-state index contributed by atoms with van der Waals surface area (Å²) < 4.78 is 0. The van der Waals surface area contributed by atoms with Crippen LogP contribution in [0.25, 0.3) is 0 Å². The summed E-state index contributed by atoms with van der Waals surface area (Å²) in [5.74, 6) is -1.62. The minimum Gasteiger partial charge on any atom is -0.504 e. The van der Waals surface area contributed by atoms with Crippen molar-refractivity contribution >= 4 is 5.97 Å². The van der Waals surface area contributed by atoms with Crippen LogP contribution < -0.4 is 5.73 Å². The number of phenolic OH excluding ortho intramolecular Hbond substituents is 2. The quantitative estimate of drug-likeness (QED) is 0.314.